The zero-order valence-corrected chi connectivity index (χ0v) is 10.5. The van der Waals surface area contributed by atoms with Crippen molar-refractivity contribution in [3.63, 3.8) is 0 Å². The molecule has 0 bridgehead atoms. The van der Waals surface area contributed by atoms with Crippen LogP contribution < -0.4 is 5.56 Å². The SMILES string of the molecule is CC(C)n1c(=O)cnc2c(F)cc(Br)cc21. The van der Waals surface area contributed by atoms with Gasteiger partial charge in [-0.2, -0.15) is 0 Å². The second-order valence-electron chi connectivity index (χ2n) is 3.82. The van der Waals surface area contributed by atoms with Crippen molar-refractivity contribution in [3.05, 3.63) is 39.0 Å². The first-order valence-corrected chi connectivity index (χ1v) is 5.66. The molecule has 0 fully saturated rings. The molecule has 5 heteroatoms. The summed E-state index contributed by atoms with van der Waals surface area (Å²) >= 11 is 3.21. The van der Waals surface area contributed by atoms with Crippen LogP contribution in [0.3, 0.4) is 0 Å². The molecule has 2 aromatic rings. The highest BCUT2D eigenvalue weighted by molar-refractivity contribution is 9.10. The van der Waals surface area contributed by atoms with Gasteiger partial charge in [-0.3, -0.25) is 4.79 Å². The molecule has 84 valence electrons. The predicted octanol–water partition coefficient (Wildman–Crippen LogP) is 2.88. The van der Waals surface area contributed by atoms with Crippen LogP contribution in [0.5, 0.6) is 0 Å². The molecule has 0 atom stereocenters. The van der Waals surface area contributed by atoms with Crippen LogP contribution in [0.25, 0.3) is 11.0 Å². The normalized spacial score (nSPS) is 11.3. The molecule has 0 aliphatic heterocycles. The van der Waals surface area contributed by atoms with Crippen molar-refractivity contribution in [3.8, 4) is 0 Å². The Bertz CT molecular complexity index is 607. The van der Waals surface area contributed by atoms with Gasteiger partial charge in [0.2, 0.25) is 0 Å². The number of hydrogen-bond donors (Lipinski definition) is 0. The number of hydrogen-bond acceptors (Lipinski definition) is 2. The van der Waals surface area contributed by atoms with Gasteiger partial charge >= 0.3 is 0 Å². The van der Waals surface area contributed by atoms with Crippen molar-refractivity contribution in [1.82, 2.24) is 9.55 Å². The highest BCUT2D eigenvalue weighted by atomic mass is 79.9. The maximum Gasteiger partial charge on any atom is 0.269 e. The van der Waals surface area contributed by atoms with Gasteiger partial charge in [0.25, 0.3) is 5.56 Å². The topological polar surface area (TPSA) is 34.9 Å². The van der Waals surface area contributed by atoms with E-state index in [0.717, 1.165) is 6.20 Å². The van der Waals surface area contributed by atoms with Gasteiger partial charge in [0.1, 0.15) is 5.52 Å². The summed E-state index contributed by atoms with van der Waals surface area (Å²) in [4.78, 5) is 15.5. The molecular formula is C11H10BrFN2O. The third kappa shape index (κ3) is 1.75. The molecule has 0 spiro atoms. The van der Waals surface area contributed by atoms with Crippen molar-refractivity contribution in [2.45, 2.75) is 19.9 Å². The Balaban J connectivity index is 2.97. The van der Waals surface area contributed by atoms with Crippen LogP contribution >= 0.6 is 15.9 Å². The Labute approximate surface area is 100 Å². The Morgan fingerprint density at radius 1 is 1.44 bits per heavy atom. The van der Waals surface area contributed by atoms with Crippen LogP contribution in [-0.4, -0.2) is 9.55 Å². The second-order valence-corrected chi connectivity index (χ2v) is 4.73. The van der Waals surface area contributed by atoms with E-state index in [4.69, 9.17) is 0 Å². The zero-order valence-electron chi connectivity index (χ0n) is 8.87. The second kappa shape index (κ2) is 3.97. The van der Waals surface area contributed by atoms with E-state index in [1.165, 1.54) is 10.6 Å². The first-order valence-electron chi connectivity index (χ1n) is 4.87. The smallest absolute Gasteiger partial charge is 0.269 e. The first-order chi connectivity index (χ1) is 7.50. The van der Waals surface area contributed by atoms with E-state index in [-0.39, 0.29) is 17.1 Å². The molecule has 0 aliphatic carbocycles. The summed E-state index contributed by atoms with van der Waals surface area (Å²) in [7, 11) is 0. The molecule has 0 saturated heterocycles. The van der Waals surface area contributed by atoms with E-state index in [1.54, 1.807) is 6.07 Å². The maximum atomic E-state index is 13.6. The highest BCUT2D eigenvalue weighted by Gasteiger charge is 2.11. The summed E-state index contributed by atoms with van der Waals surface area (Å²) in [6.07, 6.45) is 1.15. The van der Waals surface area contributed by atoms with Crippen LogP contribution in [0.4, 0.5) is 4.39 Å². The minimum atomic E-state index is -0.432. The lowest BCUT2D eigenvalue weighted by molar-refractivity contribution is 0.591. The molecule has 2 rings (SSSR count). The van der Waals surface area contributed by atoms with Gasteiger partial charge in [-0.25, -0.2) is 9.37 Å². The summed E-state index contributed by atoms with van der Waals surface area (Å²) in [6.45, 7) is 3.75. The number of benzene rings is 1. The highest BCUT2D eigenvalue weighted by Crippen LogP contribution is 2.22. The van der Waals surface area contributed by atoms with Gasteiger partial charge in [-0.15, -0.1) is 0 Å². The molecule has 0 N–H and O–H groups in total. The molecular weight excluding hydrogens is 275 g/mol. The Morgan fingerprint density at radius 2 is 2.12 bits per heavy atom. The van der Waals surface area contributed by atoms with Gasteiger partial charge in [0.15, 0.2) is 5.82 Å². The largest absolute Gasteiger partial charge is 0.303 e. The Morgan fingerprint density at radius 3 is 2.75 bits per heavy atom. The van der Waals surface area contributed by atoms with E-state index in [2.05, 4.69) is 20.9 Å². The average Bonchev–Trinajstić information content (AvgIpc) is 2.15. The van der Waals surface area contributed by atoms with Crippen LogP contribution in [0.2, 0.25) is 0 Å². The number of aromatic nitrogens is 2. The third-order valence-corrected chi connectivity index (χ3v) is 2.78. The van der Waals surface area contributed by atoms with Gasteiger partial charge in [-0.05, 0) is 26.0 Å². The lowest BCUT2D eigenvalue weighted by atomic mass is 10.2. The van der Waals surface area contributed by atoms with Crippen molar-refractivity contribution < 1.29 is 4.39 Å². The number of rotatable bonds is 1. The predicted molar refractivity (Wildman–Crippen MR) is 64.0 cm³/mol. The first kappa shape index (κ1) is 11.3. The lowest BCUT2D eigenvalue weighted by Gasteiger charge is -2.13. The summed E-state index contributed by atoms with van der Waals surface area (Å²) in [6, 6.07) is 3.00. The minimum Gasteiger partial charge on any atom is -0.303 e. The molecule has 3 nitrogen and oxygen atoms in total. The van der Waals surface area contributed by atoms with Gasteiger partial charge in [0, 0.05) is 10.5 Å². The standard InChI is InChI=1S/C11H10BrFN2O/c1-6(2)15-9-4-7(12)3-8(13)11(9)14-5-10(15)16/h3-6H,1-2H3. The summed E-state index contributed by atoms with van der Waals surface area (Å²) in [5.41, 5.74) is 0.505. The van der Waals surface area contributed by atoms with Gasteiger partial charge in [-0.1, -0.05) is 15.9 Å². The molecule has 1 heterocycles. The van der Waals surface area contributed by atoms with Crippen LogP contribution in [0.15, 0.2) is 27.6 Å². The van der Waals surface area contributed by atoms with Crippen molar-refractivity contribution in [1.29, 1.82) is 0 Å². The van der Waals surface area contributed by atoms with Gasteiger partial charge in [0.05, 0.1) is 11.7 Å². The van der Waals surface area contributed by atoms with E-state index in [1.807, 2.05) is 13.8 Å². The fourth-order valence-corrected chi connectivity index (χ4v) is 2.11. The summed E-state index contributed by atoms with van der Waals surface area (Å²) in [5, 5.41) is 0. The van der Waals surface area contributed by atoms with Crippen molar-refractivity contribution in [2.24, 2.45) is 0 Å². The number of fused-ring (bicyclic) bond motifs is 1. The van der Waals surface area contributed by atoms with Crippen molar-refractivity contribution in [2.75, 3.05) is 0 Å². The molecule has 0 amide bonds. The van der Waals surface area contributed by atoms with Crippen LogP contribution in [0.1, 0.15) is 19.9 Å². The van der Waals surface area contributed by atoms with E-state index in [0.29, 0.717) is 9.99 Å². The number of halogens is 2. The number of nitrogens with zero attached hydrogens (tertiary/aromatic N) is 2. The molecule has 1 aromatic carbocycles. The zero-order chi connectivity index (χ0) is 11.9. The van der Waals surface area contributed by atoms with Crippen molar-refractivity contribution >= 4 is 27.0 Å². The minimum absolute atomic E-state index is 0.0355. The molecule has 0 radical (unpaired) electrons. The average molecular weight is 285 g/mol. The fourth-order valence-electron chi connectivity index (χ4n) is 1.70. The van der Waals surface area contributed by atoms with E-state index < -0.39 is 5.82 Å². The lowest BCUT2D eigenvalue weighted by Crippen LogP contribution is -2.22. The van der Waals surface area contributed by atoms with Crippen LogP contribution in [0, 0.1) is 5.82 Å². The quantitative estimate of drug-likeness (QED) is 0.807. The molecule has 16 heavy (non-hydrogen) atoms. The van der Waals surface area contributed by atoms with Crippen LogP contribution in [-0.2, 0) is 0 Å². The third-order valence-electron chi connectivity index (χ3n) is 2.33. The summed E-state index contributed by atoms with van der Waals surface area (Å²) in [5.74, 6) is -0.432. The van der Waals surface area contributed by atoms with E-state index >= 15 is 0 Å². The molecule has 0 saturated carbocycles. The van der Waals surface area contributed by atoms with E-state index in [9.17, 15) is 9.18 Å². The Kier molecular flexibility index (Phi) is 2.80. The molecule has 0 aliphatic rings. The monoisotopic (exact) mass is 284 g/mol. The van der Waals surface area contributed by atoms with Gasteiger partial charge < -0.3 is 4.57 Å². The molecule has 0 unspecified atom stereocenters. The Hall–Kier alpha value is -1.23. The fraction of sp³-hybridized carbons (Fsp3) is 0.273. The molecule has 1 aromatic heterocycles. The summed E-state index contributed by atoms with van der Waals surface area (Å²) < 4.78 is 15.7. The maximum absolute atomic E-state index is 13.6.